The maximum absolute atomic E-state index is 13.1. The summed E-state index contributed by atoms with van der Waals surface area (Å²) in [5.74, 6) is -3.35. The molecule has 6 rings (SSSR count). The van der Waals surface area contributed by atoms with E-state index in [1.54, 1.807) is 0 Å². The Morgan fingerprint density at radius 1 is 0.414 bits per heavy atom. The summed E-state index contributed by atoms with van der Waals surface area (Å²) in [5.41, 5.74) is 0.613. The fourth-order valence-electron chi connectivity index (χ4n) is 6.44. The number of carbonyl (C=O) groups excluding carboxylic acids is 8. The lowest BCUT2D eigenvalue weighted by atomic mass is 10.1. The van der Waals surface area contributed by atoms with Crippen molar-refractivity contribution in [1.29, 1.82) is 0 Å². The number of fused-ring (bicyclic) bond motifs is 1. The van der Waals surface area contributed by atoms with Crippen LogP contribution in [0.15, 0.2) is 122 Å². The molecule has 0 N–H and O–H groups in total. The van der Waals surface area contributed by atoms with Crippen LogP contribution in [0.3, 0.4) is 0 Å². The van der Waals surface area contributed by atoms with E-state index in [1.807, 2.05) is 0 Å². The second-order valence-corrected chi connectivity index (χ2v) is 14.9. The van der Waals surface area contributed by atoms with Gasteiger partial charge >= 0.3 is 48.1 Å². The molecule has 2 fully saturated rings. The molecular formula is C50H46O20. The monoisotopic (exact) mass is 966 g/mol. The Hall–Kier alpha value is -8.36. The third kappa shape index (κ3) is 15.3. The van der Waals surface area contributed by atoms with E-state index in [4.69, 9.17) is 56.8 Å². The normalized spacial score (nSPS) is 16.5. The number of hydrogen-bond donors (Lipinski definition) is 0. The van der Waals surface area contributed by atoms with Crippen molar-refractivity contribution in [1.82, 2.24) is 0 Å². The highest BCUT2D eigenvalue weighted by atomic mass is 16.7. The van der Waals surface area contributed by atoms with Crippen molar-refractivity contribution in [3.63, 3.8) is 0 Å². The van der Waals surface area contributed by atoms with E-state index in [0.717, 1.165) is 12.2 Å². The first-order chi connectivity index (χ1) is 33.9. The second kappa shape index (κ2) is 25.7. The Bertz CT molecular complexity index is 2320. The zero-order valence-corrected chi connectivity index (χ0v) is 37.4. The smallest absolute Gasteiger partial charge is 0.463 e. The van der Waals surface area contributed by atoms with Gasteiger partial charge in [0.05, 0.1) is 61.9 Å². The van der Waals surface area contributed by atoms with Crippen molar-refractivity contribution in [3.8, 4) is 23.0 Å². The van der Waals surface area contributed by atoms with Gasteiger partial charge < -0.3 is 56.8 Å². The number of ether oxygens (including phenoxy) is 12. The van der Waals surface area contributed by atoms with Crippen molar-refractivity contribution in [2.24, 2.45) is 0 Å². The maximum atomic E-state index is 13.1. The molecule has 2 saturated heterocycles. The number of carbonyl (C=O) groups is 8. The molecule has 0 spiro atoms. The molecule has 20 heteroatoms. The van der Waals surface area contributed by atoms with Gasteiger partial charge in [0.25, 0.3) is 0 Å². The Labute approximate surface area is 399 Å². The van der Waals surface area contributed by atoms with Crippen LogP contribution < -0.4 is 18.9 Å². The minimum absolute atomic E-state index is 0.0198. The molecule has 4 aromatic rings. The Morgan fingerprint density at radius 3 is 1.01 bits per heavy atom. The molecule has 2 heterocycles. The van der Waals surface area contributed by atoms with E-state index in [1.165, 1.54) is 97.1 Å². The maximum Gasteiger partial charge on any atom is 0.513 e. The van der Waals surface area contributed by atoms with Gasteiger partial charge in [-0.3, -0.25) is 0 Å². The fraction of sp³-hybridized carbons (Fsp3) is 0.280. The van der Waals surface area contributed by atoms with Gasteiger partial charge in [-0.05, 0) is 123 Å². The molecule has 0 aliphatic carbocycles. The quantitative estimate of drug-likeness (QED) is 0.0198. The highest BCUT2D eigenvalue weighted by molar-refractivity contribution is 5.93. The summed E-state index contributed by atoms with van der Waals surface area (Å²) in [6.07, 6.45) is -0.999. The van der Waals surface area contributed by atoms with Gasteiger partial charge in [0, 0.05) is 12.2 Å². The number of rotatable bonds is 22. The zero-order valence-electron chi connectivity index (χ0n) is 37.4. The van der Waals surface area contributed by atoms with Crippen molar-refractivity contribution in [3.05, 3.63) is 145 Å². The third-order valence-corrected chi connectivity index (χ3v) is 10.0. The molecular weight excluding hydrogens is 921 g/mol. The summed E-state index contributed by atoms with van der Waals surface area (Å²) in [4.78, 5) is 97.6. The zero-order chi connectivity index (χ0) is 49.8. The molecule has 4 aromatic carbocycles. The molecule has 2 aliphatic rings. The lowest BCUT2D eigenvalue weighted by Crippen LogP contribution is -2.36. The van der Waals surface area contributed by atoms with Crippen LogP contribution in [0.4, 0.5) is 9.59 Å². The molecule has 2 aliphatic heterocycles. The van der Waals surface area contributed by atoms with E-state index < -0.39 is 72.5 Å². The van der Waals surface area contributed by atoms with Gasteiger partial charge in [-0.25, -0.2) is 38.4 Å². The number of benzene rings is 4. The SMILES string of the molecule is C=CC(=O)OCCCCOC(=O)Oc1ccc(C(=O)Oc2ccc(C(=O)OC3COC4C3OC[C@H]4OC(=O)c3ccc(OC(=O)c4ccc(OC(=O)OCCCCOC(=O)C=C)cc4)cc3)cc2)cc1. The molecule has 3 unspecified atom stereocenters. The predicted molar refractivity (Wildman–Crippen MR) is 238 cm³/mol. The molecule has 20 nitrogen and oxygen atoms in total. The first kappa shape index (κ1) is 51.0. The summed E-state index contributed by atoms with van der Waals surface area (Å²) in [6, 6.07) is 22.4. The van der Waals surface area contributed by atoms with Crippen LogP contribution in [0.1, 0.15) is 67.1 Å². The number of esters is 6. The van der Waals surface area contributed by atoms with Crippen molar-refractivity contribution < 1.29 is 95.2 Å². The minimum Gasteiger partial charge on any atom is -0.463 e. The third-order valence-electron chi connectivity index (χ3n) is 10.0. The van der Waals surface area contributed by atoms with Gasteiger partial charge in [0.15, 0.2) is 12.2 Å². The fourth-order valence-corrected chi connectivity index (χ4v) is 6.44. The van der Waals surface area contributed by atoms with Crippen LogP contribution in [-0.4, -0.2) is 112 Å². The van der Waals surface area contributed by atoms with Gasteiger partial charge in [-0.15, -0.1) is 0 Å². The Morgan fingerprint density at radius 2 is 0.700 bits per heavy atom. The summed E-state index contributed by atoms with van der Waals surface area (Å²) in [5, 5.41) is 0. The lowest BCUT2D eigenvalue weighted by molar-refractivity contribution is -0.138. The molecule has 0 amide bonds. The van der Waals surface area contributed by atoms with Crippen LogP contribution in [-0.2, 0) is 47.5 Å². The van der Waals surface area contributed by atoms with Gasteiger partial charge in [0.1, 0.15) is 35.2 Å². The van der Waals surface area contributed by atoms with Crippen LogP contribution in [0.5, 0.6) is 23.0 Å². The van der Waals surface area contributed by atoms with Crippen LogP contribution >= 0.6 is 0 Å². The highest BCUT2D eigenvalue weighted by Crippen LogP contribution is 2.32. The van der Waals surface area contributed by atoms with E-state index in [9.17, 15) is 38.4 Å². The number of unbranched alkanes of at least 4 members (excludes halogenated alkanes) is 2. The molecule has 0 bridgehead atoms. The minimum atomic E-state index is -0.945. The van der Waals surface area contributed by atoms with Crippen LogP contribution in [0.25, 0.3) is 0 Å². The van der Waals surface area contributed by atoms with Crippen molar-refractivity contribution in [2.75, 3.05) is 39.6 Å². The standard InChI is InChI=1S/C50H46O20/c1-3-41(51)59-25-5-7-27-61-49(57)67-37-21-13-31(14-22-37)45(53)65-35-17-9-33(10-18-35)47(55)69-39-29-63-44-40(30-64-43(39)44)70-48(56)34-11-19-36(20-12-34)66-46(54)32-15-23-38(24-16-32)68-50(58)62-28-8-6-26-60-42(52)4-2/h3-4,9-24,39-40,43-44H,1-2,5-8,25-30H2/t39-,40?,43?,44?/m1/s1. The summed E-state index contributed by atoms with van der Waals surface area (Å²) in [6.45, 7) is 6.98. The van der Waals surface area contributed by atoms with E-state index >= 15 is 0 Å². The molecule has 4 atom stereocenters. The van der Waals surface area contributed by atoms with Gasteiger partial charge in [-0.1, -0.05) is 13.2 Å². The average Bonchev–Trinajstić information content (AvgIpc) is 3.96. The average molecular weight is 967 g/mol. The first-order valence-electron chi connectivity index (χ1n) is 21.7. The van der Waals surface area contributed by atoms with Gasteiger partial charge in [-0.2, -0.15) is 0 Å². The van der Waals surface area contributed by atoms with E-state index in [2.05, 4.69) is 13.2 Å². The molecule has 0 radical (unpaired) electrons. The highest BCUT2D eigenvalue weighted by Gasteiger charge is 2.51. The summed E-state index contributed by atoms with van der Waals surface area (Å²) in [7, 11) is 0. The molecule has 0 saturated carbocycles. The lowest BCUT2D eigenvalue weighted by Gasteiger charge is -2.17. The predicted octanol–water partition coefficient (Wildman–Crippen LogP) is 6.72. The second-order valence-electron chi connectivity index (χ2n) is 14.9. The number of hydrogen-bond acceptors (Lipinski definition) is 20. The van der Waals surface area contributed by atoms with Crippen molar-refractivity contribution in [2.45, 2.75) is 50.1 Å². The van der Waals surface area contributed by atoms with Crippen LogP contribution in [0, 0.1) is 0 Å². The molecule has 366 valence electrons. The Kier molecular flexibility index (Phi) is 18.7. The first-order valence-corrected chi connectivity index (χ1v) is 21.7. The van der Waals surface area contributed by atoms with E-state index in [-0.39, 0.29) is 84.9 Å². The summed E-state index contributed by atoms with van der Waals surface area (Å²) < 4.78 is 63.7. The molecule has 0 aromatic heterocycles. The van der Waals surface area contributed by atoms with Gasteiger partial charge in [0.2, 0.25) is 0 Å². The summed E-state index contributed by atoms with van der Waals surface area (Å²) >= 11 is 0. The largest absolute Gasteiger partial charge is 0.513 e. The van der Waals surface area contributed by atoms with Crippen LogP contribution in [0.2, 0.25) is 0 Å². The van der Waals surface area contributed by atoms with E-state index in [0.29, 0.717) is 25.7 Å². The topological polar surface area (TPSA) is 247 Å². The molecule has 70 heavy (non-hydrogen) atoms. The Balaban J connectivity index is 0.876. The van der Waals surface area contributed by atoms with Crippen molar-refractivity contribution >= 4 is 48.1 Å².